The Morgan fingerprint density at radius 3 is 2.90 bits per heavy atom. The minimum Gasteiger partial charge on any atom is -0.381 e. The molecule has 1 aliphatic heterocycles. The third-order valence-electron chi connectivity index (χ3n) is 3.69. The van der Waals surface area contributed by atoms with Crippen LogP contribution in [0.2, 0.25) is 0 Å². The van der Waals surface area contributed by atoms with Crippen molar-refractivity contribution >= 4 is 11.6 Å². The highest BCUT2D eigenvalue weighted by molar-refractivity contribution is 5.93. The van der Waals surface area contributed by atoms with Crippen LogP contribution in [0.5, 0.6) is 0 Å². The zero-order valence-corrected chi connectivity index (χ0v) is 12.0. The highest BCUT2D eigenvalue weighted by Gasteiger charge is 2.21. The topological polar surface area (TPSA) is 69.0 Å². The maximum atomic E-state index is 12.2. The lowest BCUT2D eigenvalue weighted by Gasteiger charge is -2.21. The predicted octanol–water partition coefficient (Wildman–Crippen LogP) is 1.85. The number of amides is 1. The van der Waals surface area contributed by atoms with Gasteiger partial charge in [-0.2, -0.15) is 0 Å². The van der Waals surface area contributed by atoms with Gasteiger partial charge in [0.05, 0.1) is 0 Å². The zero-order chi connectivity index (χ0) is 14.7. The fourth-order valence-electron chi connectivity index (χ4n) is 2.48. The number of hydrogen-bond donors (Lipinski definition) is 1. The van der Waals surface area contributed by atoms with Gasteiger partial charge in [-0.05, 0) is 25.0 Å². The molecule has 1 aromatic heterocycles. The van der Waals surface area contributed by atoms with E-state index in [2.05, 4.69) is 15.5 Å². The standard InChI is InChI=1S/C15H18N4O2/c1-19-10-16-18-14(19)12-3-2-4-13(9-12)17-15(20)11-5-7-21-8-6-11/h2-4,9-11H,5-8H2,1H3,(H,17,20). The molecular weight excluding hydrogens is 268 g/mol. The zero-order valence-electron chi connectivity index (χ0n) is 12.0. The molecule has 1 fully saturated rings. The highest BCUT2D eigenvalue weighted by Crippen LogP contribution is 2.22. The van der Waals surface area contributed by atoms with Crippen LogP contribution in [-0.2, 0) is 16.6 Å². The summed E-state index contributed by atoms with van der Waals surface area (Å²) in [5.41, 5.74) is 1.71. The molecular formula is C15H18N4O2. The maximum absolute atomic E-state index is 12.2. The second kappa shape index (κ2) is 6.05. The number of aromatic nitrogens is 3. The van der Waals surface area contributed by atoms with E-state index >= 15 is 0 Å². The lowest BCUT2D eigenvalue weighted by molar-refractivity contribution is -0.122. The van der Waals surface area contributed by atoms with Crippen molar-refractivity contribution in [3.63, 3.8) is 0 Å². The molecule has 3 rings (SSSR count). The molecule has 2 aromatic rings. The summed E-state index contributed by atoms with van der Waals surface area (Å²) < 4.78 is 7.13. The van der Waals surface area contributed by atoms with Crippen molar-refractivity contribution in [3.8, 4) is 11.4 Å². The van der Waals surface area contributed by atoms with Crippen molar-refractivity contribution in [2.24, 2.45) is 13.0 Å². The Morgan fingerprint density at radius 2 is 2.19 bits per heavy atom. The second-order valence-electron chi connectivity index (χ2n) is 5.22. The molecule has 1 aliphatic rings. The van der Waals surface area contributed by atoms with Gasteiger partial charge in [-0.1, -0.05) is 12.1 Å². The third kappa shape index (κ3) is 3.11. The molecule has 1 N–H and O–H groups in total. The van der Waals surface area contributed by atoms with Crippen LogP contribution in [0.15, 0.2) is 30.6 Å². The van der Waals surface area contributed by atoms with E-state index in [0.717, 1.165) is 29.9 Å². The fourth-order valence-corrected chi connectivity index (χ4v) is 2.48. The Morgan fingerprint density at radius 1 is 1.38 bits per heavy atom. The van der Waals surface area contributed by atoms with Crippen LogP contribution in [0.3, 0.4) is 0 Å². The monoisotopic (exact) mass is 286 g/mol. The first kappa shape index (κ1) is 13.8. The molecule has 0 spiro atoms. The first-order valence-electron chi connectivity index (χ1n) is 7.07. The van der Waals surface area contributed by atoms with Crippen LogP contribution in [-0.4, -0.2) is 33.9 Å². The van der Waals surface area contributed by atoms with E-state index < -0.39 is 0 Å². The first-order chi connectivity index (χ1) is 10.2. The summed E-state index contributed by atoms with van der Waals surface area (Å²) in [7, 11) is 1.89. The van der Waals surface area contributed by atoms with E-state index in [1.165, 1.54) is 0 Å². The molecule has 0 radical (unpaired) electrons. The molecule has 2 heterocycles. The number of hydrogen-bond acceptors (Lipinski definition) is 4. The van der Waals surface area contributed by atoms with E-state index in [9.17, 15) is 4.79 Å². The van der Waals surface area contributed by atoms with Gasteiger partial charge in [0.25, 0.3) is 0 Å². The van der Waals surface area contributed by atoms with E-state index in [1.54, 1.807) is 6.33 Å². The maximum Gasteiger partial charge on any atom is 0.227 e. The number of carbonyl (C=O) groups excluding carboxylic acids is 1. The summed E-state index contributed by atoms with van der Waals surface area (Å²) in [6, 6.07) is 7.66. The van der Waals surface area contributed by atoms with Crippen LogP contribution in [0.1, 0.15) is 12.8 Å². The number of nitrogens with one attached hydrogen (secondary N) is 1. The van der Waals surface area contributed by atoms with Gasteiger partial charge in [0.1, 0.15) is 6.33 Å². The van der Waals surface area contributed by atoms with Crippen molar-refractivity contribution in [2.75, 3.05) is 18.5 Å². The summed E-state index contributed by atoms with van der Waals surface area (Å²) in [5.74, 6) is 0.878. The average molecular weight is 286 g/mol. The largest absolute Gasteiger partial charge is 0.381 e. The van der Waals surface area contributed by atoms with Crippen molar-refractivity contribution in [1.82, 2.24) is 14.8 Å². The lowest BCUT2D eigenvalue weighted by Crippen LogP contribution is -2.28. The highest BCUT2D eigenvalue weighted by atomic mass is 16.5. The fraction of sp³-hybridized carbons (Fsp3) is 0.400. The third-order valence-corrected chi connectivity index (χ3v) is 3.69. The van der Waals surface area contributed by atoms with Gasteiger partial charge in [0.2, 0.25) is 5.91 Å². The molecule has 0 saturated carbocycles. The molecule has 0 atom stereocenters. The van der Waals surface area contributed by atoms with Crippen molar-refractivity contribution < 1.29 is 9.53 Å². The Hall–Kier alpha value is -2.21. The number of carbonyl (C=O) groups is 1. The minimum atomic E-state index is 0.0391. The van der Waals surface area contributed by atoms with E-state index in [0.29, 0.717) is 13.2 Å². The van der Waals surface area contributed by atoms with Crippen LogP contribution in [0.25, 0.3) is 11.4 Å². The number of nitrogens with zero attached hydrogens (tertiary/aromatic N) is 3. The van der Waals surface area contributed by atoms with Crippen molar-refractivity contribution in [2.45, 2.75) is 12.8 Å². The average Bonchev–Trinajstić information content (AvgIpc) is 2.94. The Labute approximate surface area is 123 Å². The molecule has 1 saturated heterocycles. The molecule has 21 heavy (non-hydrogen) atoms. The smallest absolute Gasteiger partial charge is 0.227 e. The first-order valence-corrected chi connectivity index (χ1v) is 7.07. The molecule has 6 heteroatoms. The molecule has 110 valence electrons. The number of ether oxygens (including phenoxy) is 1. The van der Waals surface area contributed by atoms with E-state index in [1.807, 2.05) is 35.9 Å². The van der Waals surface area contributed by atoms with Gasteiger partial charge >= 0.3 is 0 Å². The van der Waals surface area contributed by atoms with Gasteiger partial charge in [0, 0.05) is 37.4 Å². The van der Waals surface area contributed by atoms with Crippen LogP contribution < -0.4 is 5.32 Å². The SMILES string of the molecule is Cn1cnnc1-c1cccc(NC(=O)C2CCOCC2)c1. The van der Waals surface area contributed by atoms with Gasteiger partial charge in [-0.3, -0.25) is 4.79 Å². The Kier molecular flexibility index (Phi) is 3.96. The van der Waals surface area contributed by atoms with Gasteiger partial charge < -0.3 is 14.6 Å². The number of benzene rings is 1. The van der Waals surface area contributed by atoms with Crippen LogP contribution in [0, 0.1) is 5.92 Å². The van der Waals surface area contributed by atoms with E-state index in [4.69, 9.17) is 4.74 Å². The summed E-state index contributed by atoms with van der Waals surface area (Å²) >= 11 is 0. The Bertz CT molecular complexity index is 632. The molecule has 0 bridgehead atoms. The van der Waals surface area contributed by atoms with Gasteiger partial charge in [-0.15, -0.1) is 10.2 Å². The molecule has 1 aromatic carbocycles. The molecule has 0 unspecified atom stereocenters. The van der Waals surface area contributed by atoms with Gasteiger partial charge in [-0.25, -0.2) is 0 Å². The summed E-state index contributed by atoms with van der Waals surface area (Å²) in [6.45, 7) is 1.33. The number of aryl methyl sites for hydroxylation is 1. The summed E-state index contributed by atoms with van der Waals surface area (Å²) in [5, 5.41) is 10.9. The minimum absolute atomic E-state index is 0.0391. The van der Waals surface area contributed by atoms with Gasteiger partial charge in [0.15, 0.2) is 5.82 Å². The normalized spacial score (nSPS) is 15.9. The molecule has 6 nitrogen and oxygen atoms in total. The predicted molar refractivity (Wildman–Crippen MR) is 78.6 cm³/mol. The second-order valence-corrected chi connectivity index (χ2v) is 5.22. The number of anilines is 1. The summed E-state index contributed by atoms with van der Waals surface area (Å²) in [4.78, 5) is 12.2. The lowest BCUT2D eigenvalue weighted by atomic mass is 9.99. The Balaban J connectivity index is 1.74. The van der Waals surface area contributed by atoms with E-state index in [-0.39, 0.29) is 11.8 Å². The molecule has 1 amide bonds. The molecule has 0 aliphatic carbocycles. The van der Waals surface area contributed by atoms with Crippen molar-refractivity contribution in [3.05, 3.63) is 30.6 Å². The quantitative estimate of drug-likeness (QED) is 0.935. The van der Waals surface area contributed by atoms with Crippen LogP contribution >= 0.6 is 0 Å². The van der Waals surface area contributed by atoms with Crippen molar-refractivity contribution in [1.29, 1.82) is 0 Å². The summed E-state index contributed by atoms with van der Waals surface area (Å²) in [6.07, 6.45) is 3.23. The number of rotatable bonds is 3. The van der Waals surface area contributed by atoms with Crippen LogP contribution in [0.4, 0.5) is 5.69 Å².